The van der Waals surface area contributed by atoms with Crippen molar-refractivity contribution in [3.63, 3.8) is 0 Å². The van der Waals surface area contributed by atoms with Crippen molar-refractivity contribution in [2.75, 3.05) is 6.54 Å². The Kier molecular flexibility index (Phi) is 2.92. The summed E-state index contributed by atoms with van der Waals surface area (Å²) >= 11 is 5.55. The maximum atomic E-state index is 10.8. The van der Waals surface area contributed by atoms with Crippen LogP contribution in [0, 0.1) is 11.8 Å². The maximum absolute atomic E-state index is 10.8. The Morgan fingerprint density at radius 3 is 3.00 bits per heavy atom. The largest absolute Gasteiger partial charge is 0.327 e. The van der Waals surface area contributed by atoms with Crippen LogP contribution in [0.15, 0.2) is 17.1 Å². The molecular formula is C8H7ClN2O. The van der Waals surface area contributed by atoms with E-state index in [2.05, 4.69) is 16.8 Å². The molecule has 62 valence electrons. The lowest BCUT2D eigenvalue weighted by molar-refractivity contribution is 1.23. The normalized spacial score (nSPS) is 8.83. The third kappa shape index (κ3) is 2.12. The summed E-state index contributed by atoms with van der Waals surface area (Å²) in [6.45, 7) is 0.288. The summed E-state index contributed by atoms with van der Waals surface area (Å²) in [7, 11) is 0. The monoisotopic (exact) mass is 182 g/mol. The molecule has 0 aromatic carbocycles. The van der Waals surface area contributed by atoms with Gasteiger partial charge in [0.05, 0.1) is 6.54 Å². The molecular weight excluding hydrogens is 176 g/mol. The van der Waals surface area contributed by atoms with Gasteiger partial charge in [0.2, 0.25) is 0 Å². The third-order valence-electron chi connectivity index (χ3n) is 1.19. The highest BCUT2D eigenvalue weighted by atomic mass is 35.5. The quantitative estimate of drug-likeness (QED) is 0.569. The van der Waals surface area contributed by atoms with E-state index in [-0.39, 0.29) is 17.1 Å². The number of H-pyrrole nitrogens is 1. The Morgan fingerprint density at radius 1 is 1.67 bits per heavy atom. The minimum atomic E-state index is -0.310. The maximum Gasteiger partial charge on any atom is 0.266 e. The van der Waals surface area contributed by atoms with Gasteiger partial charge < -0.3 is 10.7 Å². The molecule has 0 aliphatic carbocycles. The zero-order valence-corrected chi connectivity index (χ0v) is 6.98. The van der Waals surface area contributed by atoms with Gasteiger partial charge in [-0.2, -0.15) is 0 Å². The van der Waals surface area contributed by atoms with Crippen molar-refractivity contribution in [2.45, 2.75) is 0 Å². The molecule has 3 N–H and O–H groups in total. The molecule has 3 nitrogen and oxygen atoms in total. The first-order chi connectivity index (χ1) is 5.74. The Bertz CT molecular complexity index is 386. The van der Waals surface area contributed by atoms with Crippen molar-refractivity contribution >= 4 is 11.6 Å². The van der Waals surface area contributed by atoms with Crippen LogP contribution in [0.4, 0.5) is 0 Å². The number of hydrogen-bond donors (Lipinski definition) is 2. The Hall–Kier alpha value is -1.24. The van der Waals surface area contributed by atoms with E-state index in [0.29, 0.717) is 5.56 Å². The molecule has 0 fully saturated rings. The second-order valence-corrected chi connectivity index (χ2v) is 2.48. The number of aromatic nitrogens is 1. The smallest absolute Gasteiger partial charge is 0.266 e. The van der Waals surface area contributed by atoms with E-state index in [1.807, 2.05) is 0 Å². The standard InChI is InChI=1S/C8H7ClN2O/c9-7-4-6(2-1-3-10)5-11-8(7)12/h4-5H,3,10H2,(H,11,12). The molecule has 0 spiro atoms. The summed E-state index contributed by atoms with van der Waals surface area (Å²) in [6.07, 6.45) is 1.50. The van der Waals surface area contributed by atoms with E-state index in [9.17, 15) is 4.79 Å². The molecule has 0 saturated heterocycles. The van der Waals surface area contributed by atoms with Crippen LogP contribution in [0.5, 0.6) is 0 Å². The van der Waals surface area contributed by atoms with Gasteiger partial charge in [-0.05, 0) is 6.07 Å². The molecule has 0 radical (unpaired) electrons. The molecule has 0 bridgehead atoms. The second kappa shape index (κ2) is 3.96. The average molecular weight is 183 g/mol. The van der Waals surface area contributed by atoms with Crippen LogP contribution in [-0.4, -0.2) is 11.5 Å². The fraction of sp³-hybridized carbons (Fsp3) is 0.125. The first-order valence-corrected chi connectivity index (χ1v) is 3.69. The van der Waals surface area contributed by atoms with Gasteiger partial charge in [-0.25, -0.2) is 0 Å². The molecule has 12 heavy (non-hydrogen) atoms. The molecule has 0 amide bonds. The van der Waals surface area contributed by atoms with E-state index >= 15 is 0 Å². The number of hydrogen-bond acceptors (Lipinski definition) is 2. The summed E-state index contributed by atoms with van der Waals surface area (Å²) in [4.78, 5) is 13.2. The lowest BCUT2D eigenvalue weighted by atomic mass is 10.3. The Balaban J connectivity index is 3.05. The summed E-state index contributed by atoms with van der Waals surface area (Å²) in [5.74, 6) is 5.39. The molecule has 0 atom stereocenters. The number of pyridine rings is 1. The fourth-order valence-corrected chi connectivity index (χ4v) is 0.853. The Morgan fingerprint density at radius 2 is 2.42 bits per heavy atom. The van der Waals surface area contributed by atoms with Crippen LogP contribution in [0.1, 0.15) is 5.56 Å². The highest BCUT2D eigenvalue weighted by molar-refractivity contribution is 6.30. The van der Waals surface area contributed by atoms with Gasteiger partial charge in [0.25, 0.3) is 5.56 Å². The predicted octanol–water partition coefficient (Wildman–Crippen LogP) is 0.339. The van der Waals surface area contributed by atoms with Crippen LogP contribution >= 0.6 is 11.6 Å². The second-order valence-electron chi connectivity index (χ2n) is 2.07. The summed E-state index contributed by atoms with van der Waals surface area (Å²) in [6, 6.07) is 1.50. The van der Waals surface area contributed by atoms with Crippen LogP contribution in [-0.2, 0) is 0 Å². The lowest BCUT2D eigenvalue weighted by Crippen LogP contribution is -2.05. The number of nitrogens with two attached hydrogens (primary N) is 1. The molecule has 1 heterocycles. The molecule has 0 unspecified atom stereocenters. The minimum Gasteiger partial charge on any atom is -0.327 e. The Labute approximate surface area is 74.5 Å². The zero-order chi connectivity index (χ0) is 8.97. The van der Waals surface area contributed by atoms with Crippen molar-refractivity contribution in [3.8, 4) is 11.8 Å². The molecule has 0 saturated carbocycles. The lowest BCUT2D eigenvalue weighted by Gasteiger charge is -1.89. The average Bonchev–Trinajstić information content (AvgIpc) is 2.07. The molecule has 1 rings (SSSR count). The van der Waals surface area contributed by atoms with Gasteiger partial charge in [0, 0.05) is 11.8 Å². The molecule has 1 aromatic rings. The van der Waals surface area contributed by atoms with E-state index in [4.69, 9.17) is 17.3 Å². The number of aromatic amines is 1. The summed E-state index contributed by atoms with van der Waals surface area (Å²) in [5, 5.41) is 0.138. The van der Waals surface area contributed by atoms with Gasteiger partial charge in [0.15, 0.2) is 0 Å². The van der Waals surface area contributed by atoms with E-state index in [1.165, 1.54) is 12.3 Å². The highest BCUT2D eigenvalue weighted by Crippen LogP contribution is 2.01. The van der Waals surface area contributed by atoms with Crippen LogP contribution in [0.3, 0.4) is 0 Å². The SMILES string of the molecule is NCC#Cc1c[nH]c(=O)c(Cl)c1. The van der Waals surface area contributed by atoms with Gasteiger partial charge in [-0.1, -0.05) is 23.4 Å². The van der Waals surface area contributed by atoms with Crippen molar-refractivity contribution in [1.29, 1.82) is 0 Å². The number of halogens is 1. The molecule has 4 heteroatoms. The van der Waals surface area contributed by atoms with Crippen LogP contribution in [0.2, 0.25) is 5.02 Å². The number of nitrogens with one attached hydrogen (secondary N) is 1. The third-order valence-corrected chi connectivity index (χ3v) is 1.47. The topological polar surface area (TPSA) is 58.9 Å². The first-order valence-electron chi connectivity index (χ1n) is 3.31. The fourth-order valence-electron chi connectivity index (χ4n) is 0.681. The summed E-state index contributed by atoms with van der Waals surface area (Å²) in [5.41, 5.74) is 5.51. The molecule has 0 aliphatic rings. The van der Waals surface area contributed by atoms with E-state index < -0.39 is 0 Å². The number of rotatable bonds is 0. The van der Waals surface area contributed by atoms with E-state index in [0.717, 1.165) is 0 Å². The van der Waals surface area contributed by atoms with Gasteiger partial charge in [0.1, 0.15) is 5.02 Å². The van der Waals surface area contributed by atoms with Crippen molar-refractivity contribution < 1.29 is 0 Å². The predicted molar refractivity (Wildman–Crippen MR) is 48.0 cm³/mol. The summed E-state index contributed by atoms with van der Waals surface area (Å²) < 4.78 is 0. The van der Waals surface area contributed by atoms with Crippen molar-refractivity contribution in [3.05, 3.63) is 33.2 Å². The van der Waals surface area contributed by atoms with Crippen LogP contribution in [0.25, 0.3) is 0 Å². The molecule has 0 aliphatic heterocycles. The van der Waals surface area contributed by atoms with Crippen molar-refractivity contribution in [2.24, 2.45) is 5.73 Å². The van der Waals surface area contributed by atoms with E-state index in [1.54, 1.807) is 0 Å². The van der Waals surface area contributed by atoms with Crippen LogP contribution < -0.4 is 11.3 Å². The van der Waals surface area contributed by atoms with Gasteiger partial charge in [-0.15, -0.1) is 0 Å². The van der Waals surface area contributed by atoms with Crippen molar-refractivity contribution in [1.82, 2.24) is 4.98 Å². The molecule has 1 aromatic heterocycles. The van der Waals surface area contributed by atoms with Gasteiger partial charge >= 0.3 is 0 Å². The highest BCUT2D eigenvalue weighted by Gasteiger charge is 1.94. The minimum absolute atomic E-state index is 0.138. The first kappa shape index (κ1) is 8.85. The zero-order valence-electron chi connectivity index (χ0n) is 6.23. The van der Waals surface area contributed by atoms with Gasteiger partial charge in [-0.3, -0.25) is 4.79 Å².